The molecule has 0 atom stereocenters. The highest BCUT2D eigenvalue weighted by molar-refractivity contribution is 9.10. The van der Waals surface area contributed by atoms with E-state index in [9.17, 15) is 9.90 Å². The summed E-state index contributed by atoms with van der Waals surface area (Å²) in [5.41, 5.74) is 3.69. The molecule has 2 rings (SSSR count). The Kier molecular flexibility index (Phi) is 4.41. The second-order valence-corrected chi connectivity index (χ2v) is 5.25. The van der Waals surface area contributed by atoms with Crippen LogP contribution in [0.15, 0.2) is 27.8 Å². The topological polar surface area (TPSA) is 90.4 Å². The van der Waals surface area contributed by atoms with E-state index in [1.165, 1.54) is 12.3 Å². The van der Waals surface area contributed by atoms with Gasteiger partial charge in [0, 0.05) is 16.3 Å². The van der Waals surface area contributed by atoms with Gasteiger partial charge in [-0.15, -0.1) is 0 Å². The number of nitrogens with one attached hydrogen (secondary N) is 2. The number of carbonyl (C=O) groups is 1. The molecule has 0 bridgehead atoms. The monoisotopic (exact) mass is 356 g/mol. The number of H-pyrrole nitrogens is 1. The molecule has 1 amide bonds. The number of aromatic hydroxyl groups is 1. The van der Waals surface area contributed by atoms with Gasteiger partial charge in [-0.2, -0.15) is 10.2 Å². The highest BCUT2D eigenvalue weighted by Gasteiger charge is 2.08. The van der Waals surface area contributed by atoms with E-state index in [2.05, 4.69) is 36.7 Å². The number of phenols is 1. The number of halogens is 2. The second-order valence-electron chi connectivity index (χ2n) is 3.96. The third-order valence-corrected chi connectivity index (χ3v) is 3.19. The molecule has 0 saturated carbocycles. The van der Waals surface area contributed by atoms with Gasteiger partial charge in [0.25, 0.3) is 5.91 Å². The summed E-state index contributed by atoms with van der Waals surface area (Å²) in [6, 6.07) is 4.67. The zero-order chi connectivity index (χ0) is 14.7. The lowest BCUT2D eigenvalue weighted by Gasteiger charge is -2.02. The predicted octanol–water partition coefficient (Wildman–Crippen LogP) is 2.60. The second kappa shape index (κ2) is 6.06. The molecule has 1 heterocycles. The summed E-state index contributed by atoms with van der Waals surface area (Å²) in [7, 11) is 0. The molecule has 6 nitrogen and oxygen atoms in total. The summed E-state index contributed by atoms with van der Waals surface area (Å²) < 4.78 is 0.445. The number of aromatic nitrogens is 2. The molecule has 1 aromatic carbocycles. The van der Waals surface area contributed by atoms with Crippen LogP contribution >= 0.6 is 27.5 Å². The number of hydrazone groups is 1. The van der Waals surface area contributed by atoms with Gasteiger partial charge in [0.15, 0.2) is 5.69 Å². The lowest BCUT2D eigenvalue weighted by atomic mass is 10.2. The molecular weight excluding hydrogens is 348 g/mol. The van der Waals surface area contributed by atoms with Crippen molar-refractivity contribution >= 4 is 39.7 Å². The standard InChI is InChI=1S/C12H10BrClN4O2/c1-6-2-10(17-16-6)12(20)18-15-5-7-3-8(14)4-9(13)11(7)19/h2-5,19H,1H3,(H,16,17)(H,18,20). The summed E-state index contributed by atoms with van der Waals surface area (Å²) in [6.07, 6.45) is 1.30. The number of rotatable bonds is 3. The largest absolute Gasteiger partial charge is 0.506 e. The van der Waals surface area contributed by atoms with E-state index in [1.807, 2.05) is 0 Å². The van der Waals surface area contributed by atoms with Gasteiger partial charge < -0.3 is 5.11 Å². The molecule has 1 aromatic heterocycles. The number of phenolic OH excluding ortho intramolecular Hbond substituents is 1. The van der Waals surface area contributed by atoms with E-state index < -0.39 is 5.91 Å². The van der Waals surface area contributed by atoms with Crippen molar-refractivity contribution in [1.82, 2.24) is 15.6 Å². The number of aromatic amines is 1. The Balaban J connectivity index is 2.09. The van der Waals surface area contributed by atoms with Crippen molar-refractivity contribution in [3.05, 3.63) is 44.6 Å². The molecular formula is C12H10BrClN4O2. The average molecular weight is 358 g/mol. The van der Waals surface area contributed by atoms with Gasteiger partial charge in [-0.3, -0.25) is 9.89 Å². The number of hydrogen-bond donors (Lipinski definition) is 3. The van der Waals surface area contributed by atoms with Crippen molar-refractivity contribution in [2.24, 2.45) is 5.10 Å². The van der Waals surface area contributed by atoms with E-state index in [-0.39, 0.29) is 11.4 Å². The molecule has 0 unspecified atom stereocenters. The molecule has 20 heavy (non-hydrogen) atoms. The van der Waals surface area contributed by atoms with Crippen LogP contribution in [-0.2, 0) is 0 Å². The first-order valence-electron chi connectivity index (χ1n) is 5.51. The lowest BCUT2D eigenvalue weighted by Crippen LogP contribution is -2.18. The molecule has 0 aliphatic carbocycles. The van der Waals surface area contributed by atoms with Crippen LogP contribution in [0.1, 0.15) is 21.7 Å². The van der Waals surface area contributed by atoms with Crippen LogP contribution in [0.3, 0.4) is 0 Å². The van der Waals surface area contributed by atoms with E-state index in [4.69, 9.17) is 11.6 Å². The van der Waals surface area contributed by atoms with Crippen molar-refractivity contribution in [2.75, 3.05) is 0 Å². The van der Waals surface area contributed by atoms with Gasteiger partial charge in [0.1, 0.15) is 5.75 Å². The molecule has 0 aliphatic heterocycles. The van der Waals surface area contributed by atoms with Crippen LogP contribution in [0.25, 0.3) is 0 Å². The fourth-order valence-corrected chi connectivity index (χ4v) is 2.27. The third-order valence-electron chi connectivity index (χ3n) is 2.37. The van der Waals surface area contributed by atoms with Crippen LogP contribution in [0.5, 0.6) is 5.75 Å². The first-order chi connectivity index (χ1) is 9.47. The highest BCUT2D eigenvalue weighted by atomic mass is 79.9. The Morgan fingerprint density at radius 2 is 2.30 bits per heavy atom. The first-order valence-corrected chi connectivity index (χ1v) is 6.68. The predicted molar refractivity (Wildman–Crippen MR) is 79.2 cm³/mol. The van der Waals surface area contributed by atoms with Gasteiger partial charge in [-0.05, 0) is 41.1 Å². The van der Waals surface area contributed by atoms with E-state index in [0.29, 0.717) is 15.1 Å². The zero-order valence-corrected chi connectivity index (χ0v) is 12.7. The summed E-state index contributed by atoms with van der Waals surface area (Å²) in [5, 5.41) is 20.4. The molecule has 0 aliphatic rings. The van der Waals surface area contributed by atoms with Crippen molar-refractivity contribution in [3.63, 3.8) is 0 Å². The van der Waals surface area contributed by atoms with Gasteiger partial charge in [0.2, 0.25) is 0 Å². The molecule has 0 saturated heterocycles. The van der Waals surface area contributed by atoms with E-state index in [0.717, 1.165) is 5.69 Å². The maximum absolute atomic E-state index is 11.7. The normalized spacial score (nSPS) is 10.9. The SMILES string of the molecule is Cc1cc(C(=O)NN=Cc2cc(Cl)cc(Br)c2O)n[nH]1. The smallest absolute Gasteiger partial charge is 0.291 e. The Morgan fingerprint density at radius 3 is 2.95 bits per heavy atom. The van der Waals surface area contributed by atoms with Crippen molar-refractivity contribution in [2.45, 2.75) is 6.92 Å². The Labute approximate surface area is 128 Å². The average Bonchev–Trinajstić information content (AvgIpc) is 2.81. The zero-order valence-electron chi connectivity index (χ0n) is 10.3. The minimum Gasteiger partial charge on any atom is -0.506 e. The lowest BCUT2D eigenvalue weighted by molar-refractivity contribution is 0.0950. The molecule has 104 valence electrons. The minimum absolute atomic E-state index is 0.0111. The van der Waals surface area contributed by atoms with Crippen LogP contribution < -0.4 is 5.43 Å². The van der Waals surface area contributed by atoms with Crippen molar-refractivity contribution < 1.29 is 9.90 Å². The third kappa shape index (κ3) is 3.37. The Bertz CT molecular complexity index is 684. The molecule has 2 aromatic rings. The highest BCUT2D eigenvalue weighted by Crippen LogP contribution is 2.30. The first kappa shape index (κ1) is 14.5. The molecule has 0 spiro atoms. The van der Waals surface area contributed by atoms with Gasteiger partial charge in [-0.1, -0.05) is 11.6 Å². The van der Waals surface area contributed by atoms with Crippen LogP contribution in [-0.4, -0.2) is 27.4 Å². The number of hydrogen-bond acceptors (Lipinski definition) is 4. The van der Waals surface area contributed by atoms with Crippen LogP contribution in [0, 0.1) is 6.92 Å². The fourth-order valence-electron chi connectivity index (χ4n) is 1.44. The van der Waals surface area contributed by atoms with Crippen LogP contribution in [0.2, 0.25) is 5.02 Å². The van der Waals surface area contributed by atoms with Gasteiger partial charge in [-0.25, -0.2) is 5.43 Å². The van der Waals surface area contributed by atoms with Crippen molar-refractivity contribution in [1.29, 1.82) is 0 Å². The van der Waals surface area contributed by atoms with E-state index in [1.54, 1.807) is 19.1 Å². The van der Waals surface area contributed by atoms with Gasteiger partial charge >= 0.3 is 0 Å². The summed E-state index contributed by atoms with van der Waals surface area (Å²) in [4.78, 5) is 11.7. The molecule has 8 heteroatoms. The van der Waals surface area contributed by atoms with Gasteiger partial charge in [0.05, 0.1) is 10.7 Å². The molecule has 0 radical (unpaired) electrons. The number of aryl methyl sites for hydroxylation is 1. The molecule has 0 fully saturated rings. The Morgan fingerprint density at radius 1 is 1.55 bits per heavy atom. The Hall–Kier alpha value is -1.86. The number of benzene rings is 1. The number of nitrogens with zero attached hydrogens (tertiary/aromatic N) is 2. The fraction of sp³-hybridized carbons (Fsp3) is 0.0833. The maximum atomic E-state index is 11.7. The maximum Gasteiger partial charge on any atom is 0.291 e. The quantitative estimate of drug-likeness (QED) is 0.582. The molecule has 3 N–H and O–H groups in total. The summed E-state index contributed by atoms with van der Waals surface area (Å²) >= 11 is 9.02. The summed E-state index contributed by atoms with van der Waals surface area (Å²) in [6.45, 7) is 1.79. The summed E-state index contributed by atoms with van der Waals surface area (Å²) in [5.74, 6) is -0.464. The van der Waals surface area contributed by atoms with Crippen LogP contribution in [0.4, 0.5) is 0 Å². The number of carbonyl (C=O) groups excluding carboxylic acids is 1. The minimum atomic E-state index is -0.453. The van der Waals surface area contributed by atoms with Crippen molar-refractivity contribution in [3.8, 4) is 5.75 Å². The van der Waals surface area contributed by atoms with E-state index >= 15 is 0 Å². The number of amides is 1.